The SMILES string of the molecule is COc1ccc(Cc2cc3ccccc3c3sccc23)cc1. The second kappa shape index (κ2) is 5.47. The van der Waals surface area contributed by atoms with Crippen LogP contribution in [0.1, 0.15) is 11.1 Å². The van der Waals surface area contributed by atoms with Crippen LogP contribution in [0.2, 0.25) is 0 Å². The monoisotopic (exact) mass is 304 g/mol. The lowest BCUT2D eigenvalue weighted by molar-refractivity contribution is 0.414. The third-order valence-electron chi connectivity index (χ3n) is 4.10. The number of ether oxygens (including phenoxy) is 1. The van der Waals surface area contributed by atoms with Crippen molar-refractivity contribution in [3.8, 4) is 5.75 Å². The molecular weight excluding hydrogens is 288 g/mol. The average molecular weight is 304 g/mol. The van der Waals surface area contributed by atoms with E-state index in [1.165, 1.54) is 32.0 Å². The van der Waals surface area contributed by atoms with E-state index in [0.717, 1.165) is 12.2 Å². The molecule has 0 aliphatic heterocycles. The van der Waals surface area contributed by atoms with Gasteiger partial charge < -0.3 is 4.74 Å². The van der Waals surface area contributed by atoms with Gasteiger partial charge in [0.1, 0.15) is 5.75 Å². The van der Waals surface area contributed by atoms with Crippen LogP contribution in [0.5, 0.6) is 5.75 Å². The van der Waals surface area contributed by atoms with E-state index in [2.05, 4.69) is 53.9 Å². The van der Waals surface area contributed by atoms with Gasteiger partial charge in [0.25, 0.3) is 0 Å². The summed E-state index contributed by atoms with van der Waals surface area (Å²) in [7, 11) is 1.70. The molecule has 4 rings (SSSR count). The smallest absolute Gasteiger partial charge is 0.118 e. The summed E-state index contributed by atoms with van der Waals surface area (Å²) in [5, 5.41) is 6.24. The number of fused-ring (bicyclic) bond motifs is 3. The van der Waals surface area contributed by atoms with Gasteiger partial charge in [-0.1, -0.05) is 42.5 Å². The molecule has 108 valence electrons. The van der Waals surface area contributed by atoms with Crippen molar-refractivity contribution >= 4 is 32.2 Å². The van der Waals surface area contributed by atoms with E-state index in [0.29, 0.717) is 0 Å². The lowest BCUT2D eigenvalue weighted by atomic mass is 9.98. The molecule has 0 atom stereocenters. The molecule has 0 aliphatic rings. The fourth-order valence-corrected chi connectivity index (χ4v) is 3.95. The average Bonchev–Trinajstić information content (AvgIpc) is 3.06. The zero-order chi connectivity index (χ0) is 14.9. The normalized spacial score (nSPS) is 11.1. The van der Waals surface area contributed by atoms with E-state index < -0.39 is 0 Å². The van der Waals surface area contributed by atoms with Crippen molar-refractivity contribution < 1.29 is 4.74 Å². The largest absolute Gasteiger partial charge is 0.497 e. The zero-order valence-corrected chi connectivity index (χ0v) is 13.2. The van der Waals surface area contributed by atoms with Crippen molar-refractivity contribution in [3.05, 3.63) is 77.2 Å². The number of rotatable bonds is 3. The summed E-state index contributed by atoms with van der Waals surface area (Å²) in [6.45, 7) is 0. The van der Waals surface area contributed by atoms with Crippen LogP contribution in [0.3, 0.4) is 0 Å². The van der Waals surface area contributed by atoms with E-state index in [1.54, 1.807) is 7.11 Å². The molecule has 3 aromatic carbocycles. The molecule has 22 heavy (non-hydrogen) atoms. The zero-order valence-electron chi connectivity index (χ0n) is 12.4. The predicted molar refractivity (Wildman–Crippen MR) is 95.1 cm³/mol. The van der Waals surface area contributed by atoms with Crippen LogP contribution in [0.15, 0.2) is 66.0 Å². The Morgan fingerprint density at radius 3 is 2.55 bits per heavy atom. The molecule has 2 heteroatoms. The Kier molecular flexibility index (Phi) is 3.32. The minimum atomic E-state index is 0.906. The molecule has 4 aromatic rings. The maximum atomic E-state index is 5.24. The van der Waals surface area contributed by atoms with Gasteiger partial charge in [0.05, 0.1) is 7.11 Å². The Hall–Kier alpha value is -2.32. The van der Waals surface area contributed by atoms with Crippen molar-refractivity contribution in [2.75, 3.05) is 7.11 Å². The van der Waals surface area contributed by atoms with E-state index in [9.17, 15) is 0 Å². The van der Waals surface area contributed by atoms with Crippen molar-refractivity contribution in [2.45, 2.75) is 6.42 Å². The molecule has 0 radical (unpaired) electrons. The summed E-state index contributed by atoms with van der Waals surface area (Å²) >= 11 is 1.83. The highest BCUT2D eigenvalue weighted by Crippen LogP contribution is 2.33. The van der Waals surface area contributed by atoms with Crippen LogP contribution < -0.4 is 4.74 Å². The third-order valence-corrected chi connectivity index (χ3v) is 5.05. The first-order chi connectivity index (χ1) is 10.8. The van der Waals surface area contributed by atoms with Gasteiger partial charge in [-0.15, -0.1) is 11.3 Å². The Labute approximate surface area is 133 Å². The molecule has 0 aliphatic carbocycles. The van der Waals surface area contributed by atoms with Gasteiger partial charge in [-0.3, -0.25) is 0 Å². The van der Waals surface area contributed by atoms with Crippen molar-refractivity contribution in [2.24, 2.45) is 0 Å². The number of thiophene rings is 1. The second-order valence-electron chi connectivity index (χ2n) is 5.45. The van der Waals surface area contributed by atoms with Gasteiger partial charge in [0.2, 0.25) is 0 Å². The molecule has 0 saturated heterocycles. The predicted octanol–water partition coefficient (Wildman–Crippen LogP) is 5.65. The minimum absolute atomic E-state index is 0.906. The molecular formula is C20H16OS. The number of benzene rings is 3. The van der Waals surface area contributed by atoms with Crippen LogP contribution >= 0.6 is 11.3 Å². The summed E-state index contributed by atoms with van der Waals surface area (Å²) in [4.78, 5) is 0. The molecule has 1 aromatic heterocycles. The fraction of sp³-hybridized carbons (Fsp3) is 0.100. The molecule has 0 saturated carbocycles. The first kappa shape index (κ1) is 13.4. The van der Waals surface area contributed by atoms with Crippen molar-refractivity contribution in [1.29, 1.82) is 0 Å². The van der Waals surface area contributed by atoms with Crippen molar-refractivity contribution in [3.63, 3.8) is 0 Å². The van der Waals surface area contributed by atoms with E-state index in [1.807, 2.05) is 23.5 Å². The topological polar surface area (TPSA) is 9.23 Å². The lowest BCUT2D eigenvalue weighted by Crippen LogP contribution is -1.90. The first-order valence-electron chi connectivity index (χ1n) is 7.36. The minimum Gasteiger partial charge on any atom is -0.497 e. The van der Waals surface area contributed by atoms with Gasteiger partial charge in [-0.05, 0) is 57.3 Å². The van der Waals surface area contributed by atoms with Crippen LogP contribution in [0.4, 0.5) is 0 Å². The van der Waals surface area contributed by atoms with E-state index >= 15 is 0 Å². The number of hydrogen-bond donors (Lipinski definition) is 0. The molecule has 0 bridgehead atoms. The Morgan fingerprint density at radius 1 is 0.909 bits per heavy atom. The van der Waals surface area contributed by atoms with Gasteiger partial charge in [0.15, 0.2) is 0 Å². The summed E-state index contributed by atoms with van der Waals surface area (Å²) in [5.74, 6) is 0.906. The number of hydrogen-bond acceptors (Lipinski definition) is 2. The molecule has 0 amide bonds. The fourth-order valence-electron chi connectivity index (χ4n) is 2.98. The highest BCUT2D eigenvalue weighted by Gasteiger charge is 2.08. The first-order valence-corrected chi connectivity index (χ1v) is 8.24. The molecule has 1 nitrogen and oxygen atoms in total. The van der Waals surface area contributed by atoms with Crippen molar-refractivity contribution in [1.82, 2.24) is 0 Å². The molecule has 0 fully saturated rings. The van der Waals surface area contributed by atoms with Gasteiger partial charge in [0, 0.05) is 4.70 Å². The number of methoxy groups -OCH3 is 1. The maximum absolute atomic E-state index is 5.24. The quantitative estimate of drug-likeness (QED) is 0.475. The third kappa shape index (κ3) is 2.26. The standard InChI is InChI=1S/C20H16OS/c1-21-17-8-6-14(7-9-17)12-16-13-15-4-2-3-5-18(15)20-19(16)10-11-22-20/h2-11,13H,12H2,1H3. The molecule has 0 spiro atoms. The Balaban J connectivity index is 1.83. The van der Waals surface area contributed by atoms with Crippen LogP contribution in [0, 0.1) is 0 Å². The van der Waals surface area contributed by atoms with Crippen LogP contribution in [0.25, 0.3) is 20.9 Å². The van der Waals surface area contributed by atoms with Gasteiger partial charge in [-0.25, -0.2) is 0 Å². The summed E-state index contributed by atoms with van der Waals surface area (Å²) in [6, 6.07) is 21.6. The molecule has 0 unspecified atom stereocenters. The lowest BCUT2D eigenvalue weighted by Gasteiger charge is -2.08. The molecule has 1 heterocycles. The van der Waals surface area contributed by atoms with Gasteiger partial charge >= 0.3 is 0 Å². The van der Waals surface area contributed by atoms with E-state index in [-0.39, 0.29) is 0 Å². The summed E-state index contributed by atoms with van der Waals surface area (Å²) in [5.41, 5.74) is 2.70. The summed E-state index contributed by atoms with van der Waals surface area (Å²) < 4.78 is 6.63. The molecule has 0 N–H and O–H groups in total. The Bertz CT molecular complexity index is 935. The maximum Gasteiger partial charge on any atom is 0.118 e. The highest BCUT2D eigenvalue weighted by atomic mass is 32.1. The highest BCUT2D eigenvalue weighted by molar-refractivity contribution is 7.18. The summed E-state index contributed by atoms with van der Waals surface area (Å²) in [6.07, 6.45) is 0.946. The van der Waals surface area contributed by atoms with Crippen LogP contribution in [-0.4, -0.2) is 7.11 Å². The van der Waals surface area contributed by atoms with Gasteiger partial charge in [-0.2, -0.15) is 0 Å². The Morgan fingerprint density at radius 2 is 1.73 bits per heavy atom. The van der Waals surface area contributed by atoms with Crippen LogP contribution in [-0.2, 0) is 6.42 Å². The second-order valence-corrected chi connectivity index (χ2v) is 6.36. The van der Waals surface area contributed by atoms with E-state index in [4.69, 9.17) is 4.74 Å².